The predicted octanol–water partition coefficient (Wildman–Crippen LogP) is 3.55. The normalized spacial score (nSPS) is 12.1. The molecule has 7 heteroatoms. The Balaban J connectivity index is 2.18. The fourth-order valence-electron chi connectivity index (χ4n) is 2.77. The van der Waals surface area contributed by atoms with Crippen LogP contribution in [0.4, 0.5) is 4.39 Å². The Labute approximate surface area is 177 Å². The van der Waals surface area contributed by atoms with Crippen molar-refractivity contribution < 1.29 is 23.5 Å². The predicted molar refractivity (Wildman–Crippen MR) is 113 cm³/mol. The molecule has 0 unspecified atom stereocenters. The summed E-state index contributed by atoms with van der Waals surface area (Å²) in [7, 11) is 1.57. The van der Waals surface area contributed by atoms with Crippen LogP contribution in [0.2, 0.25) is 0 Å². The quantitative estimate of drug-likeness (QED) is 0.715. The summed E-state index contributed by atoms with van der Waals surface area (Å²) < 4.78 is 24.3. The van der Waals surface area contributed by atoms with Crippen molar-refractivity contribution in [3.8, 4) is 11.5 Å². The van der Waals surface area contributed by atoms with Crippen molar-refractivity contribution in [1.82, 2.24) is 10.2 Å². The molecular formula is C23H29FN2O4. The van der Waals surface area contributed by atoms with E-state index in [4.69, 9.17) is 9.47 Å². The molecule has 0 heterocycles. The van der Waals surface area contributed by atoms with Crippen molar-refractivity contribution in [2.24, 2.45) is 0 Å². The van der Waals surface area contributed by atoms with Gasteiger partial charge in [-0.15, -0.1) is 0 Å². The van der Waals surface area contributed by atoms with Crippen LogP contribution in [0.25, 0.3) is 0 Å². The molecule has 1 atom stereocenters. The molecule has 2 rings (SSSR count). The summed E-state index contributed by atoms with van der Waals surface area (Å²) in [5.41, 5.74) is 0.384. The number of halogens is 1. The minimum Gasteiger partial charge on any atom is -0.497 e. The largest absolute Gasteiger partial charge is 0.497 e. The second kappa shape index (κ2) is 10.1. The van der Waals surface area contributed by atoms with Crippen LogP contribution in [0.15, 0.2) is 48.5 Å². The Bertz CT molecular complexity index is 862. The molecule has 0 fully saturated rings. The van der Waals surface area contributed by atoms with E-state index in [1.54, 1.807) is 38.3 Å². The van der Waals surface area contributed by atoms with Gasteiger partial charge in [0, 0.05) is 12.1 Å². The Morgan fingerprint density at radius 1 is 1.10 bits per heavy atom. The van der Waals surface area contributed by atoms with Gasteiger partial charge >= 0.3 is 0 Å². The maximum absolute atomic E-state index is 13.8. The van der Waals surface area contributed by atoms with Crippen molar-refractivity contribution in [1.29, 1.82) is 0 Å². The third-order valence-electron chi connectivity index (χ3n) is 4.37. The number of nitrogens with zero attached hydrogens (tertiary/aromatic N) is 1. The van der Waals surface area contributed by atoms with Gasteiger partial charge in [-0.1, -0.05) is 24.3 Å². The van der Waals surface area contributed by atoms with Crippen LogP contribution in [0.1, 0.15) is 33.3 Å². The number of ether oxygens (including phenoxy) is 2. The topological polar surface area (TPSA) is 67.9 Å². The van der Waals surface area contributed by atoms with E-state index in [9.17, 15) is 14.0 Å². The molecule has 1 N–H and O–H groups in total. The molecule has 0 aliphatic carbocycles. The third-order valence-corrected chi connectivity index (χ3v) is 4.37. The van der Waals surface area contributed by atoms with Gasteiger partial charge in [0.05, 0.1) is 7.11 Å². The highest BCUT2D eigenvalue weighted by atomic mass is 19.1. The fourth-order valence-corrected chi connectivity index (χ4v) is 2.77. The number of nitrogens with one attached hydrogen (secondary N) is 1. The van der Waals surface area contributed by atoms with E-state index in [-0.39, 0.29) is 24.8 Å². The summed E-state index contributed by atoms with van der Waals surface area (Å²) in [6.45, 7) is 7.08. The van der Waals surface area contributed by atoms with Gasteiger partial charge in [-0.2, -0.15) is 0 Å². The SMILES string of the molecule is COc1ccc(CN(C(=O)COc2ccccc2F)[C@@H](C)C(=O)NC(C)(C)C)cc1. The Morgan fingerprint density at radius 2 is 1.73 bits per heavy atom. The number of methoxy groups -OCH3 is 1. The first-order valence-electron chi connectivity index (χ1n) is 9.72. The van der Waals surface area contributed by atoms with E-state index in [1.807, 2.05) is 32.9 Å². The van der Waals surface area contributed by atoms with Gasteiger partial charge < -0.3 is 19.7 Å². The molecule has 0 saturated carbocycles. The van der Waals surface area contributed by atoms with Gasteiger partial charge in [-0.25, -0.2) is 4.39 Å². The lowest BCUT2D eigenvalue weighted by Gasteiger charge is -2.31. The highest BCUT2D eigenvalue weighted by Gasteiger charge is 2.28. The maximum Gasteiger partial charge on any atom is 0.261 e. The number of carbonyl (C=O) groups excluding carboxylic acids is 2. The van der Waals surface area contributed by atoms with Crippen LogP contribution in [-0.4, -0.2) is 42.0 Å². The molecule has 0 aliphatic heterocycles. The van der Waals surface area contributed by atoms with E-state index in [2.05, 4.69) is 5.32 Å². The second-order valence-electron chi connectivity index (χ2n) is 8.00. The van der Waals surface area contributed by atoms with Crippen molar-refractivity contribution in [2.75, 3.05) is 13.7 Å². The highest BCUT2D eigenvalue weighted by Crippen LogP contribution is 2.18. The molecule has 0 aromatic heterocycles. The van der Waals surface area contributed by atoms with Crippen molar-refractivity contribution >= 4 is 11.8 Å². The second-order valence-corrected chi connectivity index (χ2v) is 8.00. The zero-order chi connectivity index (χ0) is 22.3. The lowest BCUT2D eigenvalue weighted by Crippen LogP contribution is -2.53. The Hall–Kier alpha value is -3.09. The first-order chi connectivity index (χ1) is 14.1. The van der Waals surface area contributed by atoms with Crippen molar-refractivity contribution in [3.05, 3.63) is 59.9 Å². The van der Waals surface area contributed by atoms with Crippen LogP contribution in [-0.2, 0) is 16.1 Å². The van der Waals surface area contributed by atoms with E-state index >= 15 is 0 Å². The fraction of sp³-hybridized carbons (Fsp3) is 0.391. The van der Waals surface area contributed by atoms with Gasteiger partial charge in [0.1, 0.15) is 11.8 Å². The minimum atomic E-state index is -0.747. The maximum atomic E-state index is 13.8. The summed E-state index contributed by atoms with van der Waals surface area (Å²) in [6.07, 6.45) is 0. The molecule has 0 radical (unpaired) electrons. The van der Waals surface area contributed by atoms with E-state index < -0.39 is 23.3 Å². The molecule has 162 valence electrons. The molecule has 0 saturated heterocycles. The lowest BCUT2D eigenvalue weighted by atomic mass is 10.1. The standard InChI is InChI=1S/C23H29FN2O4/c1-16(22(28)25-23(2,3)4)26(14-17-10-12-18(29-5)13-11-17)21(27)15-30-20-9-7-6-8-19(20)24/h6-13,16H,14-15H2,1-5H3,(H,25,28)/t16-/m0/s1. The number of benzene rings is 2. The number of para-hydroxylation sites is 1. The average molecular weight is 416 g/mol. The molecule has 2 aromatic rings. The van der Waals surface area contributed by atoms with Crippen LogP contribution >= 0.6 is 0 Å². The first kappa shape index (κ1) is 23.2. The number of rotatable bonds is 8. The minimum absolute atomic E-state index is 0.0120. The molecule has 2 amide bonds. The summed E-state index contributed by atoms with van der Waals surface area (Å²) in [6, 6.07) is 12.3. The molecule has 0 aliphatic rings. The first-order valence-corrected chi connectivity index (χ1v) is 9.72. The van der Waals surface area contributed by atoms with Gasteiger partial charge in [0.25, 0.3) is 5.91 Å². The van der Waals surface area contributed by atoms with E-state index in [0.717, 1.165) is 5.56 Å². The molecular weight excluding hydrogens is 387 g/mol. The van der Waals surface area contributed by atoms with Crippen LogP contribution in [0.5, 0.6) is 11.5 Å². The Kier molecular flexibility index (Phi) is 7.80. The lowest BCUT2D eigenvalue weighted by molar-refractivity contribution is -0.142. The summed E-state index contributed by atoms with van der Waals surface area (Å²) in [4.78, 5) is 27.1. The number of amides is 2. The zero-order valence-electron chi connectivity index (χ0n) is 18.1. The van der Waals surface area contributed by atoms with E-state index in [0.29, 0.717) is 5.75 Å². The number of carbonyl (C=O) groups is 2. The highest BCUT2D eigenvalue weighted by molar-refractivity contribution is 5.88. The Morgan fingerprint density at radius 3 is 2.30 bits per heavy atom. The van der Waals surface area contributed by atoms with Gasteiger partial charge in [-0.3, -0.25) is 9.59 Å². The van der Waals surface area contributed by atoms with Crippen molar-refractivity contribution in [3.63, 3.8) is 0 Å². The van der Waals surface area contributed by atoms with E-state index in [1.165, 1.54) is 17.0 Å². The molecule has 30 heavy (non-hydrogen) atoms. The molecule has 0 spiro atoms. The summed E-state index contributed by atoms with van der Waals surface area (Å²) >= 11 is 0. The average Bonchev–Trinajstić information content (AvgIpc) is 2.70. The number of hydrogen-bond acceptors (Lipinski definition) is 4. The van der Waals surface area contributed by atoms with Crippen LogP contribution in [0.3, 0.4) is 0 Å². The van der Waals surface area contributed by atoms with Crippen LogP contribution in [0, 0.1) is 5.82 Å². The van der Waals surface area contributed by atoms with Gasteiger partial charge in [-0.05, 0) is 57.5 Å². The van der Waals surface area contributed by atoms with Crippen LogP contribution < -0.4 is 14.8 Å². The van der Waals surface area contributed by atoms with Crippen molar-refractivity contribution in [2.45, 2.75) is 45.8 Å². The van der Waals surface area contributed by atoms with Gasteiger partial charge in [0.2, 0.25) is 5.91 Å². The molecule has 2 aromatic carbocycles. The summed E-state index contributed by atoms with van der Waals surface area (Å²) in [5.74, 6) is -0.577. The smallest absolute Gasteiger partial charge is 0.261 e. The third kappa shape index (κ3) is 6.76. The van der Waals surface area contributed by atoms with Gasteiger partial charge in [0.15, 0.2) is 18.2 Å². The monoisotopic (exact) mass is 416 g/mol. The number of hydrogen-bond donors (Lipinski definition) is 1. The zero-order valence-corrected chi connectivity index (χ0v) is 18.1. The molecule has 0 bridgehead atoms. The summed E-state index contributed by atoms with van der Waals surface area (Å²) in [5, 5.41) is 2.89. The molecule has 6 nitrogen and oxygen atoms in total.